The highest BCUT2D eigenvalue weighted by Gasteiger charge is 2.26. The molecule has 0 aliphatic carbocycles. The van der Waals surface area contributed by atoms with Crippen LogP contribution in [0, 0.1) is 0 Å². The summed E-state index contributed by atoms with van der Waals surface area (Å²) >= 11 is 0. The quantitative estimate of drug-likeness (QED) is 0.338. The van der Waals surface area contributed by atoms with Gasteiger partial charge in [0.2, 0.25) is 10.0 Å². The fourth-order valence-electron chi connectivity index (χ4n) is 1.91. The van der Waals surface area contributed by atoms with Crippen LogP contribution in [0.5, 0.6) is 0 Å². The number of halogens is 4. The Labute approximate surface area is 169 Å². The number of aliphatic imine (C=N–C) groups is 1. The van der Waals surface area contributed by atoms with Crippen LogP contribution < -0.4 is 10.6 Å². The van der Waals surface area contributed by atoms with Crippen LogP contribution in [-0.4, -0.2) is 52.0 Å². The van der Waals surface area contributed by atoms with Crippen molar-refractivity contribution >= 4 is 40.0 Å². The van der Waals surface area contributed by atoms with Crippen LogP contribution in [0.1, 0.15) is 18.9 Å². The van der Waals surface area contributed by atoms with Crippen LogP contribution >= 0.6 is 24.0 Å². The molecule has 0 aromatic heterocycles. The van der Waals surface area contributed by atoms with Crippen molar-refractivity contribution in [3.63, 3.8) is 0 Å². The normalized spacial score (nSPS) is 12.7. The van der Waals surface area contributed by atoms with E-state index in [1.165, 1.54) is 20.2 Å². The number of alkyl halides is 3. The molecule has 1 aromatic rings. The summed E-state index contributed by atoms with van der Waals surface area (Å²) < 4.78 is 62.4. The summed E-state index contributed by atoms with van der Waals surface area (Å²) in [5.74, 6) is 0.198. The molecule has 0 aliphatic rings. The number of benzene rings is 1. The standard InChI is InChI=1S/C15H23F3N4O2S.HI/c1-4-19-14(20-10-9-15(16,17)18)21-11-12-7-5-6-8-13(12)25(23,24)22(2)3;/h5-8H,4,9-11H2,1-3H3,(H2,19,20,21);1H. The van der Waals surface area contributed by atoms with Gasteiger partial charge in [-0.3, -0.25) is 0 Å². The summed E-state index contributed by atoms with van der Waals surface area (Å²) in [5.41, 5.74) is 0.462. The third-order valence-electron chi connectivity index (χ3n) is 3.18. The van der Waals surface area contributed by atoms with Gasteiger partial charge in [-0.05, 0) is 18.6 Å². The number of hydrogen-bond acceptors (Lipinski definition) is 3. The molecule has 0 aliphatic heterocycles. The Morgan fingerprint density at radius 2 is 1.81 bits per heavy atom. The van der Waals surface area contributed by atoms with Gasteiger partial charge in [0.25, 0.3) is 0 Å². The SMILES string of the molecule is CCNC(=NCc1ccccc1S(=O)(=O)N(C)C)NCCC(F)(F)F.I. The van der Waals surface area contributed by atoms with Crippen molar-refractivity contribution in [2.24, 2.45) is 4.99 Å². The second-order valence-electron chi connectivity index (χ2n) is 5.38. The third-order valence-corrected chi connectivity index (χ3v) is 5.10. The Balaban J connectivity index is 0.00000625. The van der Waals surface area contributed by atoms with Gasteiger partial charge in [-0.2, -0.15) is 13.2 Å². The van der Waals surface area contributed by atoms with Gasteiger partial charge in [-0.25, -0.2) is 17.7 Å². The molecule has 6 nitrogen and oxygen atoms in total. The molecule has 0 saturated heterocycles. The first-order valence-corrected chi connectivity index (χ1v) is 9.11. The van der Waals surface area contributed by atoms with Crippen LogP contribution in [0.4, 0.5) is 13.2 Å². The fraction of sp³-hybridized carbons (Fsp3) is 0.533. The lowest BCUT2D eigenvalue weighted by molar-refractivity contribution is -0.132. The summed E-state index contributed by atoms with van der Waals surface area (Å²) in [5, 5.41) is 5.42. The number of sulfonamides is 1. The molecular weight excluding hydrogens is 484 g/mol. The maximum Gasteiger partial charge on any atom is 0.390 e. The van der Waals surface area contributed by atoms with E-state index in [1.54, 1.807) is 25.1 Å². The molecule has 0 radical (unpaired) electrons. The van der Waals surface area contributed by atoms with E-state index < -0.39 is 22.6 Å². The Hall–Kier alpha value is -1.08. The van der Waals surface area contributed by atoms with E-state index in [0.29, 0.717) is 12.1 Å². The second kappa shape index (κ2) is 10.9. The topological polar surface area (TPSA) is 73.8 Å². The minimum atomic E-state index is -4.25. The fourth-order valence-corrected chi connectivity index (χ4v) is 3.02. The molecule has 0 unspecified atom stereocenters. The van der Waals surface area contributed by atoms with E-state index >= 15 is 0 Å². The van der Waals surface area contributed by atoms with Crippen LogP contribution in [0.3, 0.4) is 0 Å². The van der Waals surface area contributed by atoms with Crippen molar-refractivity contribution in [3.05, 3.63) is 29.8 Å². The zero-order valence-corrected chi connectivity index (χ0v) is 17.9. The van der Waals surface area contributed by atoms with E-state index in [2.05, 4.69) is 15.6 Å². The molecule has 1 aromatic carbocycles. The average Bonchev–Trinajstić information content (AvgIpc) is 2.51. The largest absolute Gasteiger partial charge is 0.390 e. The molecule has 0 spiro atoms. The lowest BCUT2D eigenvalue weighted by atomic mass is 10.2. The van der Waals surface area contributed by atoms with Crippen LogP contribution in [0.2, 0.25) is 0 Å². The smallest absolute Gasteiger partial charge is 0.357 e. The summed E-state index contributed by atoms with van der Waals surface area (Å²) in [7, 11) is -0.772. The van der Waals surface area contributed by atoms with Gasteiger partial charge >= 0.3 is 6.18 Å². The van der Waals surface area contributed by atoms with E-state index in [0.717, 1.165) is 4.31 Å². The molecule has 11 heteroatoms. The van der Waals surface area contributed by atoms with E-state index in [9.17, 15) is 21.6 Å². The van der Waals surface area contributed by atoms with Crippen molar-refractivity contribution in [1.82, 2.24) is 14.9 Å². The predicted octanol–water partition coefficient (Wildman–Crippen LogP) is 2.56. The maximum absolute atomic E-state index is 12.3. The molecule has 0 fully saturated rings. The van der Waals surface area contributed by atoms with Gasteiger partial charge in [0.1, 0.15) is 0 Å². The first-order chi connectivity index (χ1) is 11.6. The van der Waals surface area contributed by atoms with Crippen molar-refractivity contribution in [1.29, 1.82) is 0 Å². The Kier molecular flexibility index (Phi) is 10.5. The van der Waals surface area contributed by atoms with Crippen molar-refractivity contribution < 1.29 is 21.6 Å². The summed E-state index contributed by atoms with van der Waals surface area (Å²) in [6.45, 7) is 1.96. The van der Waals surface area contributed by atoms with Gasteiger partial charge in [-0.15, -0.1) is 24.0 Å². The van der Waals surface area contributed by atoms with Gasteiger partial charge in [0.05, 0.1) is 17.9 Å². The van der Waals surface area contributed by atoms with Crippen molar-refractivity contribution in [3.8, 4) is 0 Å². The van der Waals surface area contributed by atoms with E-state index in [4.69, 9.17) is 0 Å². The molecule has 0 bridgehead atoms. The van der Waals surface area contributed by atoms with Gasteiger partial charge in [0, 0.05) is 27.2 Å². The first kappa shape index (κ1) is 24.9. The number of nitrogens with one attached hydrogen (secondary N) is 2. The lowest BCUT2D eigenvalue weighted by Gasteiger charge is -2.15. The zero-order valence-electron chi connectivity index (χ0n) is 14.8. The van der Waals surface area contributed by atoms with Gasteiger partial charge < -0.3 is 10.6 Å². The molecule has 0 atom stereocenters. The third kappa shape index (κ3) is 8.08. The van der Waals surface area contributed by atoms with Gasteiger partial charge in [0.15, 0.2) is 5.96 Å². The highest BCUT2D eigenvalue weighted by atomic mass is 127. The number of guanidine groups is 1. The minimum absolute atomic E-state index is 0. The molecule has 0 amide bonds. The number of nitrogens with zero attached hydrogens (tertiary/aromatic N) is 2. The highest BCUT2D eigenvalue weighted by molar-refractivity contribution is 14.0. The lowest BCUT2D eigenvalue weighted by Crippen LogP contribution is -2.38. The van der Waals surface area contributed by atoms with Crippen molar-refractivity contribution in [2.75, 3.05) is 27.2 Å². The number of hydrogen-bond donors (Lipinski definition) is 2. The van der Waals surface area contributed by atoms with Gasteiger partial charge in [-0.1, -0.05) is 18.2 Å². The second-order valence-corrected chi connectivity index (χ2v) is 7.50. The molecule has 1 rings (SSSR count). The van der Waals surface area contributed by atoms with Crippen LogP contribution in [-0.2, 0) is 16.6 Å². The average molecular weight is 508 g/mol. The summed E-state index contributed by atoms with van der Waals surface area (Å²) in [4.78, 5) is 4.30. The van der Waals surface area contributed by atoms with Crippen LogP contribution in [0.15, 0.2) is 34.2 Å². The highest BCUT2D eigenvalue weighted by Crippen LogP contribution is 2.19. The Morgan fingerprint density at radius 1 is 1.19 bits per heavy atom. The monoisotopic (exact) mass is 508 g/mol. The summed E-state index contributed by atoms with van der Waals surface area (Å²) in [6, 6.07) is 6.39. The zero-order chi connectivity index (χ0) is 19.1. The van der Waals surface area contributed by atoms with E-state index in [-0.39, 0.29) is 47.9 Å². The predicted molar refractivity (Wildman–Crippen MR) is 106 cm³/mol. The minimum Gasteiger partial charge on any atom is -0.357 e. The Morgan fingerprint density at radius 3 is 2.35 bits per heavy atom. The molecular formula is C15H24F3IN4O2S. The molecule has 0 heterocycles. The maximum atomic E-state index is 12.3. The molecule has 150 valence electrons. The molecule has 0 saturated carbocycles. The summed E-state index contributed by atoms with van der Waals surface area (Å²) in [6.07, 6.45) is -5.24. The van der Waals surface area contributed by atoms with Crippen LogP contribution in [0.25, 0.3) is 0 Å². The van der Waals surface area contributed by atoms with Crippen molar-refractivity contribution in [2.45, 2.75) is 31.0 Å². The number of rotatable bonds is 7. The molecule has 26 heavy (non-hydrogen) atoms. The molecule has 2 N–H and O–H groups in total. The van der Waals surface area contributed by atoms with E-state index in [1.807, 2.05) is 0 Å². The first-order valence-electron chi connectivity index (χ1n) is 7.67. The Bertz CT molecular complexity index is 694.